The van der Waals surface area contributed by atoms with Gasteiger partial charge in [0.15, 0.2) is 0 Å². The first-order valence-corrected chi connectivity index (χ1v) is 7.30. The van der Waals surface area contributed by atoms with Gasteiger partial charge < -0.3 is 15.0 Å². The van der Waals surface area contributed by atoms with Gasteiger partial charge in [0.25, 0.3) is 0 Å². The number of hydrogen-bond donors (Lipinski definition) is 1. The van der Waals surface area contributed by atoms with Crippen molar-refractivity contribution in [2.24, 2.45) is 5.41 Å². The van der Waals surface area contributed by atoms with Crippen molar-refractivity contribution in [3.63, 3.8) is 0 Å². The van der Waals surface area contributed by atoms with E-state index in [0.29, 0.717) is 17.0 Å². The van der Waals surface area contributed by atoms with E-state index in [2.05, 4.69) is 5.32 Å². The summed E-state index contributed by atoms with van der Waals surface area (Å²) >= 11 is 5.89. The minimum absolute atomic E-state index is 0.000440. The normalized spacial score (nSPS) is 20.4. The number of urea groups is 1. The van der Waals surface area contributed by atoms with Crippen LogP contribution in [-0.4, -0.2) is 37.7 Å². The number of halogens is 1. The molecule has 0 aromatic heterocycles. The molecule has 1 saturated carbocycles. The molecule has 1 saturated heterocycles. The zero-order valence-electron chi connectivity index (χ0n) is 11.6. The maximum atomic E-state index is 12.2. The van der Waals surface area contributed by atoms with Crippen LogP contribution in [-0.2, 0) is 4.74 Å². The number of nitrogens with zero attached hydrogens (tertiary/aromatic N) is 1. The first-order chi connectivity index (χ1) is 9.62. The van der Waals surface area contributed by atoms with Crippen LogP contribution in [0.25, 0.3) is 0 Å². The molecular formula is C15H19ClN2O2. The van der Waals surface area contributed by atoms with Crippen molar-refractivity contribution in [2.45, 2.75) is 18.9 Å². The van der Waals surface area contributed by atoms with Crippen LogP contribution in [0.3, 0.4) is 0 Å². The van der Waals surface area contributed by atoms with Crippen molar-refractivity contribution in [1.82, 2.24) is 10.2 Å². The second kappa shape index (κ2) is 5.26. The van der Waals surface area contributed by atoms with E-state index in [0.717, 1.165) is 18.7 Å². The van der Waals surface area contributed by atoms with Crippen molar-refractivity contribution in [1.29, 1.82) is 0 Å². The molecule has 1 atom stereocenters. The highest BCUT2D eigenvalue weighted by molar-refractivity contribution is 6.30. The van der Waals surface area contributed by atoms with E-state index in [-0.39, 0.29) is 12.1 Å². The summed E-state index contributed by atoms with van der Waals surface area (Å²) in [6.45, 7) is 2.25. The summed E-state index contributed by atoms with van der Waals surface area (Å²) in [7, 11) is 1.64. The Morgan fingerprint density at radius 3 is 2.60 bits per heavy atom. The van der Waals surface area contributed by atoms with Crippen LogP contribution in [0.2, 0.25) is 5.02 Å². The lowest BCUT2D eigenvalue weighted by Crippen LogP contribution is -2.55. The quantitative estimate of drug-likeness (QED) is 0.928. The van der Waals surface area contributed by atoms with Gasteiger partial charge in [-0.1, -0.05) is 23.7 Å². The summed E-state index contributed by atoms with van der Waals surface area (Å²) in [4.78, 5) is 14.1. The predicted molar refractivity (Wildman–Crippen MR) is 77.8 cm³/mol. The molecule has 0 radical (unpaired) electrons. The minimum atomic E-state index is -0.138. The fourth-order valence-corrected chi connectivity index (χ4v) is 2.85. The number of rotatable bonds is 4. The topological polar surface area (TPSA) is 41.6 Å². The largest absolute Gasteiger partial charge is 0.382 e. The lowest BCUT2D eigenvalue weighted by molar-refractivity contribution is 0.0978. The molecule has 1 aliphatic carbocycles. The third kappa shape index (κ3) is 2.76. The maximum Gasteiger partial charge on any atom is 0.318 e. The van der Waals surface area contributed by atoms with Crippen molar-refractivity contribution < 1.29 is 9.53 Å². The second-order valence-corrected chi connectivity index (χ2v) is 6.30. The highest BCUT2D eigenvalue weighted by atomic mass is 35.5. The van der Waals surface area contributed by atoms with Crippen LogP contribution in [0.5, 0.6) is 0 Å². The summed E-state index contributed by atoms with van der Waals surface area (Å²) in [6.07, 6.45) is 2.55. The van der Waals surface area contributed by atoms with Crippen LogP contribution in [0.15, 0.2) is 24.3 Å². The molecule has 1 aromatic rings. The Bertz CT molecular complexity index is 491. The fourth-order valence-electron chi connectivity index (χ4n) is 2.72. The van der Waals surface area contributed by atoms with E-state index in [1.807, 2.05) is 29.2 Å². The van der Waals surface area contributed by atoms with Gasteiger partial charge in [0.05, 0.1) is 12.6 Å². The molecule has 108 valence electrons. The Kier molecular flexibility index (Phi) is 3.61. The molecule has 3 rings (SSSR count). The summed E-state index contributed by atoms with van der Waals surface area (Å²) < 4.78 is 5.21. The van der Waals surface area contributed by atoms with Gasteiger partial charge in [-0.3, -0.25) is 0 Å². The Labute approximate surface area is 124 Å². The summed E-state index contributed by atoms with van der Waals surface area (Å²) in [5.41, 5.74) is 1.49. The van der Waals surface area contributed by atoms with Crippen LogP contribution in [0.1, 0.15) is 24.4 Å². The van der Waals surface area contributed by atoms with Crippen molar-refractivity contribution >= 4 is 17.6 Å². The van der Waals surface area contributed by atoms with Crippen molar-refractivity contribution in [2.75, 3.05) is 26.8 Å². The van der Waals surface area contributed by atoms with Gasteiger partial charge >= 0.3 is 6.03 Å². The number of benzene rings is 1. The van der Waals surface area contributed by atoms with Crippen LogP contribution in [0, 0.1) is 5.41 Å². The Morgan fingerprint density at radius 2 is 2.05 bits per heavy atom. The SMILES string of the molecule is COCC(NC(=O)N1CC2(CC2)C1)c1ccc(Cl)cc1. The second-order valence-electron chi connectivity index (χ2n) is 5.87. The van der Waals surface area contributed by atoms with Gasteiger partial charge in [-0.25, -0.2) is 4.79 Å². The third-order valence-electron chi connectivity index (χ3n) is 4.20. The smallest absolute Gasteiger partial charge is 0.318 e. The molecule has 1 spiro atoms. The average Bonchev–Trinajstić information content (AvgIpc) is 3.18. The van der Waals surface area contributed by atoms with Crippen molar-refractivity contribution in [3.05, 3.63) is 34.9 Å². The lowest BCUT2D eigenvalue weighted by atomic mass is 9.97. The van der Waals surface area contributed by atoms with E-state index in [1.165, 1.54) is 12.8 Å². The van der Waals surface area contributed by atoms with Crippen LogP contribution >= 0.6 is 11.6 Å². The number of ether oxygens (including phenoxy) is 1. The van der Waals surface area contributed by atoms with Crippen molar-refractivity contribution in [3.8, 4) is 0 Å². The zero-order valence-corrected chi connectivity index (χ0v) is 12.3. The molecule has 20 heavy (non-hydrogen) atoms. The highest BCUT2D eigenvalue weighted by Gasteiger charge is 2.53. The Morgan fingerprint density at radius 1 is 1.40 bits per heavy atom. The molecule has 5 heteroatoms. The number of carbonyl (C=O) groups is 1. The van der Waals surface area contributed by atoms with Gasteiger partial charge in [0.1, 0.15) is 0 Å². The standard InChI is InChI=1S/C15H19ClN2O2/c1-20-8-13(11-2-4-12(16)5-3-11)17-14(19)18-9-15(10-18)6-7-15/h2-5,13H,6-10H2,1H3,(H,17,19). The minimum Gasteiger partial charge on any atom is -0.382 e. The average molecular weight is 295 g/mol. The third-order valence-corrected chi connectivity index (χ3v) is 4.45. The number of carbonyl (C=O) groups excluding carboxylic acids is 1. The fraction of sp³-hybridized carbons (Fsp3) is 0.533. The number of methoxy groups -OCH3 is 1. The van der Waals surface area contributed by atoms with Crippen LogP contribution in [0.4, 0.5) is 4.79 Å². The zero-order chi connectivity index (χ0) is 14.2. The van der Waals surface area contributed by atoms with Crippen LogP contribution < -0.4 is 5.32 Å². The lowest BCUT2D eigenvalue weighted by Gasteiger charge is -2.40. The number of likely N-dealkylation sites (tertiary alicyclic amines) is 1. The predicted octanol–water partition coefficient (Wildman–Crippen LogP) is 2.83. The van der Waals surface area contributed by atoms with Gasteiger partial charge in [-0.15, -0.1) is 0 Å². The van der Waals surface area contributed by atoms with Gasteiger partial charge in [-0.2, -0.15) is 0 Å². The molecule has 2 amide bonds. The molecule has 1 aliphatic heterocycles. The molecule has 1 N–H and O–H groups in total. The number of hydrogen-bond acceptors (Lipinski definition) is 2. The number of amides is 2. The summed E-state index contributed by atoms with van der Waals surface area (Å²) in [5.74, 6) is 0. The summed E-state index contributed by atoms with van der Waals surface area (Å²) in [6, 6.07) is 7.36. The van der Waals surface area contributed by atoms with E-state index < -0.39 is 0 Å². The molecule has 2 aliphatic rings. The monoisotopic (exact) mass is 294 g/mol. The van der Waals surface area contributed by atoms with E-state index in [4.69, 9.17) is 16.3 Å². The Hall–Kier alpha value is -1.26. The van der Waals surface area contributed by atoms with E-state index in [1.54, 1.807) is 7.11 Å². The number of nitrogens with one attached hydrogen (secondary N) is 1. The molecular weight excluding hydrogens is 276 g/mol. The highest BCUT2D eigenvalue weighted by Crippen LogP contribution is 2.52. The first-order valence-electron chi connectivity index (χ1n) is 6.92. The molecule has 1 aromatic carbocycles. The molecule has 0 bridgehead atoms. The van der Waals surface area contributed by atoms with E-state index >= 15 is 0 Å². The maximum absolute atomic E-state index is 12.2. The molecule has 4 nitrogen and oxygen atoms in total. The Balaban J connectivity index is 1.61. The van der Waals surface area contributed by atoms with E-state index in [9.17, 15) is 4.79 Å². The van der Waals surface area contributed by atoms with Gasteiger partial charge in [0.2, 0.25) is 0 Å². The van der Waals surface area contributed by atoms with Gasteiger partial charge in [0, 0.05) is 30.6 Å². The first kappa shape index (κ1) is 13.7. The molecule has 2 fully saturated rings. The summed E-state index contributed by atoms with van der Waals surface area (Å²) in [5, 5.41) is 3.73. The molecule has 1 unspecified atom stereocenters. The molecule has 1 heterocycles. The van der Waals surface area contributed by atoms with Gasteiger partial charge in [-0.05, 0) is 30.5 Å².